The van der Waals surface area contributed by atoms with Crippen LogP contribution in [0.3, 0.4) is 0 Å². The van der Waals surface area contributed by atoms with Crippen LogP contribution in [0.5, 0.6) is 0 Å². The second-order valence-corrected chi connectivity index (χ2v) is 16.7. The number of hydrogen-bond acceptors (Lipinski definition) is 4. The molecule has 246 valence electrons. The Bertz CT molecular complexity index is 2750. The molecule has 0 atom stereocenters. The Hall–Kier alpha value is -6.90. The Morgan fingerprint density at radius 2 is 0.904 bits per heavy atom. The van der Waals surface area contributed by atoms with Gasteiger partial charge in [-0.3, -0.25) is 13.7 Å². The molecule has 0 amide bonds. The van der Waals surface area contributed by atoms with E-state index in [1.165, 1.54) is 20.7 Å². The number of hydrogen-bond donors (Lipinski definition) is 0. The normalized spacial score (nSPS) is 11.8. The Morgan fingerprint density at radius 3 is 1.58 bits per heavy atom. The van der Waals surface area contributed by atoms with E-state index in [0.29, 0.717) is 0 Å². The second-order valence-electron chi connectivity index (χ2n) is 12.9. The molecule has 6 aromatic carbocycles. The zero-order valence-electron chi connectivity index (χ0n) is 28.0. The molecular formula is C44H31N7Si. The first-order valence-electron chi connectivity index (χ1n) is 17.3. The van der Waals surface area contributed by atoms with Crippen LogP contribution < -0.4 is 20.7 Å². The molecule has 4 aromatic heterocycles. The molecule has 8 heteroatoms. The molecule has 4 heterocycles. The van der Waals surface area contributed by atoms with E-state index in [2.05, 4.69) is 142 Å². The number of imidazole rings is 3. The van der Waals surface area contributed by atoms with E-state index in [0.717, 1.165) is 50.4 Å². The number of para-hydroxylation sites is 3. The lowest BCUT2D eigenvalue weighted by atomic mass is 10.2. The van der Waals surface area contributed by atoms with Gasteiger partial charge in [0.25, 0.3) is 0 Å². The quantitative estimate of drug-likeness (QED) is 0.143. The van der Waals surface area contributed by atoms with Crippen molar-refractivity contribution in [3.63, 3.8) is 0 Å². The first-order chi connectivity index (χ1) is 25.8. The minimum atomic E-state index is -2.73. The maximum atomic E-state index is 5.35. The zero-order valence-corrected chi connectivity index (χ0v) is 29.0. The summed E-state index contributed by atoms with van der Waals surface area (Å²) in [7, 11) is -2.73. The third-order valence-corrected chi connectivity index (χ3v) is 14.8. The summed E-state index contributed by atoms with van der Waals surface area (Å²) in [5.74, 6) is 1.47. The summed E-state index contributed by atoms with van der Waals surface area (Å²) in [5.41, 5.74) is 6.47. The summed E-state index contributed by atoms with van der Waals surface area (Å²) < 4.78 is 6.23. The van der Waals surface area contributed by atoms with Crippen LogP contribution in [0.2, 0.25) is 0 Å². The van der Waals surface area contributed by atoms with E-state index in [1.807, 2.05) is 66.0 Å². The molecule has 0 saturated heterocycles. The maximum Gasteiger partial charge on any atom is 0.179 e. The van der Waals surface area contributed by atoms with Crippen LogP contribution >= 0.6 is 0 Å². The standard InChI is InChI=1S/C44H31N7Si/c1-5-15-32(16-6-1)49-29-47-39-28-42(50-30-45-37-23-13-14-24-40(37)50)48-44(43(39)49)51-31-46-38-27-36(25-26-41(38)51)52(33-17-7-2-8-18-33,34-19-9-3-10-20-34)35-21-11-4-12-22-35/h1-31H. The summed E-state index contributed by atoms with van der Waals surface area (Å²) in [6.45, 7) is 0. The third kappa shape index (κ3) is 4.65. The van der Waals surface area contributed by atoms with E-state index in [1.54, 1.807) is 0 Å². The molecule has 0 aliphatic rings. The Morgan fingerprint density at radius 1 is 0.385 bits per heavy atom. The van der Waals surface area contributed by atoms with Crippen molar-refractivity contribution in [1.82, 2.24) is 33.6 Å². The fraction of sp³-hybridized carbons (Fsp3) is 0. The minimum Gasteiger partial charge on any atom is -0.296 e. The van der Waals surface area contributed by atoms with Gasteiger partial charge in [0.05, 0.1) is 27.6 Å². The highest BCUT2D eigenvalue weighted by atomic mass is 28.3. The van der Waals surface area contributed by atoms with Crippen LogP contribution in [-0.2, 0) is 0 Å². The van der Waals surface area contributed by atoms with Crippen LogP contribution in [0.4, 0.5) is 0 Å². The van der Waals surface area contributed by atoms with Crippen molar-refractivity contribution in [3.8, 4) is 17.3 Å². The van der Waals surface area contributed by atoms with E-state index < -0.39 is 8.07 Å². The molecule has 10 rings (SSSR count). The first-order valence-corrected chi connectivity index (χ1v) is 19.3. The summed E-state index contributed by atoms with van der Waals surface area (Å²) in [6.07, 6.45) is 5.60. The van der Waals surface area contributed by atoms with E-state index >= 15 is 0 Å². The van der Waals surface area contributed by atoms with Crippen molar-refractivity contribution in [1.29, 1.82) is 0 Å². The highest BCUT2D eigenvalue weighted by molar-refractivity contribution is 7.20. The molecule has 7 nitrogen and oxygen atoms in total. The molecule has 0 saturated carbocycles. The van der Waals surface area contributed by atoms with Gasteiger partial charge in [-0.25, -0.2) is 19.9 Å². The molecule has 52 heavy (non-hydrogen) atoms. The van der Waals surface area contributed by atoms with Gasteiger partial charge in [-0.1, -0.05) is 127 Å². The second kappa shape index (κ2) is 12.2. The molecule has 0 bridgehead atoms. The van der Waals surface area contributed by atoms with Gasteiger partial charge >= 0.3 is 0 Å². The van der Waals surface area contributed by atoms with Crippen molar-refractivity contribution in [2.45, 2.75) is 0 Å². The topological polar surface area (TPSA) is 66.3 Å². The van der Waals surface area contributed by atoms with Crippen LogP contribution in [0, 0.1) is 0 Å². The van der Waals surface area contributed by atoms with Gasteiger partial charge in [0.1, 0.15) is 30.3 Å². The van der Waals surface area contributed by atoms with Crippen molar-refractivity contribution in [2.75, 3.05) is 0 Å². The molecule has 0 N–H and O–H groups in total. The molecule has 0 radical (unpaired) electrons. The maximum absolute atomic E-state index is 5.35. The third-order valence-electron chi connectivity index (χ3n) is 10.1. The Balaban J connectivity index is 1.22. The summed E-state index contributed by atoms with van der Waals surface area (Å²) in [5, 5.41) is 5.23. The van der Waals surface area contributed by atoms with Crippen molar-refractivity contribution >= 4 is 61.9 Å². The van der Waals surface area contributed by atoms with Crippen molar-refractivity contribution in [3.05, 3.63) is 189 Å². The summed E-state index contributed by atoms with van der Waals surface area (Å²) in [4.78, 5) is 20.0. The van der Waals surface area contributed by atoms with Gasteiger partial charge in [-0.2, -0.15) is 0 Å². The van der Waals surface area contributed by atoms with Crippen molar-refractivity contribution < 1.29 is 0 Å². The van der Waals surface area contributed by atoms with Crippen LogP contribution in [0.15, 0.2) is 189 Å². The summed E-state index contributed by atoms with van der Waals surface area (Å²) >= 11 is 0. The lowest BCUT2D eigenvalue weighted by molar-refractivity contribution is 0.962. The highest BCUT2D eigenvalue weighted by Crippen LogP contribution is 2.29. The number of fused-ring (bicyclic) bond motifs is 3. The predicted molar refractivity (Wildman–Crippen MR) is 212 cm³/mol. The Kier molecular flexibility index (Phi) is 7.00. The molecule has 0 spiro atoms. The number of rotatable bonds is 7. The molecule has 0 aliphatic heterocycles. The van der Waals surface area contributed by atoms with Crippen LogP contribution in [-0.4, -0.2) is 41.7 Å². The molecule has 0 fully saturated rings. The summed E-state index contributed by atoms with van der Waals surface area (Å²) in [6, 6.07) is 60.1. The van der Waals surface area contributed by atoms with Crippen molar-refractivity contribution in [2.24, 2.45) is 0 Å². The smallest absolute Gasteiger partial charge is 0.179 e. The van der Waals surface area contributed by atoms with Crippen LogP contribution in [0.1, 0.15) is 0 Å². The molecular weight excluding hydrogens is 655 g/mol. The molecule has 10 aromatic rings. The van der Waals surface area contributed by atoms with E-state index in [4.69, 9.17) is 15.0 Å². The Labute approximate surface area is 300 Å². The van der Waals surface area contributed by atoms with Gasteiger partial charge in [0.2, 0.25) is 0 Å². The monoisotopic (exact) mass is 685 g/mol. The lowest BCUT2D eigenvalue weighted by Crippen LogP contribution is -2.74. The lowest BCUT2D eigenvalue weighted by Gasteiger charge is -2.34. The van der Waals surface area contributed by atoms with Gasteiger partial charge < -0.3 is 0 Å². The first kappa shape index (κ1) is 30.0. The zero-order chi connectivity index (χ0) is 34.5. The van der Waals surface area contributed by atoms with Crippen LogP contribution in [0.25, 0.3) is 50.4 Å². The van der Waals surface area contributed by atoms with Gasteiger partial charge in [-0.15, -0.1) is 0 Å². The van der Waals surface area contributed by atoms with E-state index in [-0.39, 0.29) is 0 Å². The number of pyridine rings is 1. The van der Waals surface area contributed by atoms with Gasteiger partial charge in [0.15, 0.2) is 13.9 Å². The SMILES string of the molecule is c1ccc(-n2cnc3cc(-n4cnc5ccccc54)nc(-n4cnc5cc([Si](c6ccccc6)(c6ccccc6)c6ccccc6)ccc54)c32)cc1. The fourth-order valence-corrected chi connectivity index (χ4v) is 12.5. The molecule has 0 unspecified atom stereocenters. The molecule has 0 aliphatic carbocycles. The van der Waals surface area contributed by atoms with Gasteiger partial charge in [0, 0.05) is 11.8 Å². The number of benzene rings is 6. The predicted octanol–water partition coefficient (Wildman–Crippen LogP) is 6.48. The van der Waals surface area contributed by atoms with Gasteiger partial charge in [-0.05, 0) is 57.1 Å². The number of nitrogens with zero attached hydrogens (tertiary/aromatic N) is 7. The number of aromatic nitrogens is 7. The average molecular weight is 686 g/mol. The average Bonchev–Trinajstić information content (AvgIpc) is 3.97. The van der Waals surface area contributed by atoms with E-state index in [9.17, 15) is 0 Å². The minimum absolute atomic E-state index is 0.733. The highest BCUT2D eigenvalue weighted by Gasteiger charge is 2.41. The fourth-order valence-electron chi connectivity index (χ4n) is 7.70. The largest absolute Gasteiger partial charge is 0.296 e.